The van der Waals surface area contributed by atoms with Crippen molar-refractivity contribution < 1.29 is 36.3 Å². The van der Waals surface area contributed by atoms with Crippen molar-refractivity contribution >= 4 is 63.5 Å². The summed E-state index contributed by atoms with van der Waals surface area (Å²) >= 11 is 13.0. The molecule has 5 rings (SSSR count). The number of likely N-dealkylation sites (N-methyl/N-ethyl adjacent to an activating group) is 1. The van der Waals surface area contributed by atoms with Crippen LogP contribution in [0.4, 0.5) is 39.3 Å². The SMILES string of the molecule is CN1CCC[C@H]1C(=O)NCc1ccc(Cl)c(Nc2nc3nc(OCC(F)F)c(C(=O)Nc4ccc(C(F)(F)F)cc4)cc3[nH]2)c1Cl. The van der Waals surface area contributed by atoms with E-state index in [1.54, 1.807) is 12.1 Å². The molecule has 3 heterocycles. The molecule has 0 unspecified atom stereocenters. The predicted octanol–water partition coefficient (Wildman–Crippen LogP) is 6.63. The first-order valence-electron chi connectivity index (χ1n) is 13.8. The van der Waals surface area contributed by atoms with Gasteiger partial charge in [0.1, 0.15) is 5.56 Å². The second-order valence-corrected chi connectivity index (χ2v) is 11.2. The first-order chi connectivity index (χ1) is 21.8. The Morgan fingerprint density at radius 3 is 2.52 bits per heavy atom. The lowest BCUT2D eigenvalue weighted by Crippen LogP contribution is -2.41. The van der Waals surface area contributed by atoms with Crippen molar-refractivity contribution in [2.45, 2.75) is 38.0 Å². The zero-order chi connectivity index (χ0) is 33.2. The van der Waals surface area contributed by atoms with Gasteiger partial charge in [-0.2, -0.15) is 23.1 Å². The summed E-state index contributed by atoms with van der Waals surface area (Å²) in [6.45, 7) is -0.108. The molecule has 0 bridgehead atoms. The molecular weight excluding hydrogens is 660 g/mol. The van der Waals surface area contributed by atoms with Gasteiger partial charge in [-0.15, -0.1) is 0 Å². The van der Waals surface area contributed by atoms with Crippen LogP contribution in [0.2, 0.25) is 10.0 Å². The number of benzene rings is 2. The molecule has 0 spiro atoms. The van der Waals surface area contributed by atoms with Crippen molar-refractivity contribution in [3.63, 3.8) is 0 Å². The monoisotopic (exact) mass is 685 g/mol. The van der Waals surface area contributed by atoms with Crippen LogP contribution in [0.3, 0.4) is 0 Å². The van der Waals surface area contributed by atoms with Gasteiger partial charge in [-0.3, -0.25) is 14.5 Å². The highest BCUT2D eigenvalue weighted by molar-refractivity contribution is 6.39. The number of nitrogens with one attached hydrogen (secondary N) is 4. The second-order valence-electron chi connectivity index (χ2n) is 10.4. The fraction of sp³-hybridized carbons (Fsp3) is 0.310. The molecule has 0 radical (unpaired) electrons. The van der Waals surface area contributed by atoms with Crippen LogP contribution in [0.5, 0.6) is 5.88 Å². The number of amides is 2. The van der Waals surface area contributed by atoms with Gasteiger partial charge in [0.2, 0.25) is 17.7 Å². The van der Waals surface area contributed by atoms with Crippen LogP contribution in [-0.2, 0) is 17.5 Å². The van der Waals surface area contributed by atoms with Crippen molar-refractivity contribution in [2.24, 2.45) is 0 Å². The van der Waals surface area contributed by atoms with Crippen LogP contribution in [-0.4, -0.2) is 64.3 Å². The number of fused-ring (bicyclic) bond motifs is 1. The Morgan fingerprint density at radius 2 is 1.87 bits per heavy atom. The normalized spacial score (nSPS) is 15.4. The number of alkyl halides is 5. The highest BCUT2D eigenvalue weighted by Crippen LogP contribution is 2.36. The zero-order valence-electron chi connectivity index (χ0n) is 23.9. The summed E-state index contributed by atoms with van der Waals surface area (Å²) < 4.78 is 69.7. The van der Waals surface area contributed by atoms with E-state index < -0.39 is 36.6 Å². The van der Waals surface area contributed by atoms with Crippen molar-refractivity contribution in [1.29, 1.82) is 0 Å². The maximum Gasteiger partial charge on any atom is 0.416 e. The molecule has 2 aromatic carbocycles. The maximum atomic E-state index is 13.1. The number of likely N-dealkylation sites (tertiary alicyclic amines) is 1. The Labute approximate surface area is 268 Å². The number of pyridine rings is 1. The van der Waals surface area contributed by atoms with Gasteiger partial charge in [0.15, 0.2) is 12.3 Å². The molecular formula is C29H26Cl2F5N7O3. The molecule has 1 fully saturated rings. The molecule has 4 N–H and O–H groups in total. The topological polar surface area (TPSA) is 124 Å². The minimum atomic E-state index is -4.57. The molecule has 46 heavy (non-hydrogen) atoms. The molecule has 10 nitrogen and oxygen atoms in total. The van der Waals surface area contributed by atoms with Gasteiger partial charge in [0.25, 0.3) is 12.3 Å². The molecule has 2 amide bonds. The van der Waals surface area contributed by atoms with E-state index in [9.17, 15) is 31.5 Å². The molecule has 1 atom stereocenters. The van der Waals surface area contributed by atoms with E-state index in [0.29, 0.717) is 5.56 Å². The fourth-order valence-corrected chi connectivity index (χ4v) is 5.38. The number of rotatable bonds is 10. The molecule has 244 valence electrons. The number of aromatic nitrogens is 3. The predicted molar refractivity (Wildman–Crippen MR) is 162 cm³/mol. The number of carbonyl (C=O) groups excluding carboxylic acids is 2. The average molecular weight is 686 g/mol. The summed E-state index contributed by atoms with van der Waals surface area (Å²) in [4.78, 5) is 39.0. The molecule has 1 saturated heterocycles. The molecule has 0 saturated carbocycles. The number of H-pyrrole nitrogens is 1. The standard InChI is InChI=1S/C29H26Cl2F5N7O3/c1-43-10-2-3-20(43)26(45)37-12-14-4-9-18(30)23(22(14)31)40-28-39-19-11-17(27(41-24(19)42-28)46-13-21(32)33)25(44)38-16-7-5-15(6-8-16)29(34,35)36/h4-9,11,20-21H,2-3,10,12-13H2,1H3,(H,37,45)(H,38,44)(H2,39,40,41,42)/t20-/m0/s1. The molecule has 0 aliphatic carbocycles. The Bertz CT molecular complexity index is 1750. The number of hydrogen-bond acceptors (Lipinski definition) is 7. The number of carbonyl (C=O) groups is 2. The third-order valence-electron chi connectivity index (χ3n) is 7.19. The van der Waals surface area contributed by atoms with E-state index in [4.69, 9.17) is 27.9 Å². The second kappa shape index (κ2) is 13.6. The summed E-state index contributed by atoms with van der Waals surface area (Å²) in [5.41, 5.74) is -0.205. The summed E-state index contributed by atoms with van der Waals surface area (Å²) in [7, 11) is 1.89. The van der Waals surface area contributed by atoms with Gasteiger partial charge in [-0.1, -0.05) is 29.3 Å². The van der Waals surface area contributed by atoms with E-state index in [2.05, 4.69) is 30.9 Å². The molecule has 1 aliphatic rings. The Hall–Kier alpha value is -4.21. The van der Waals surface area contributed by atoms with Gasteiger partial charge >= 0.3 is 6.18 Å². The molecule has 4 aromatic rings. The lowest BCUT2D eigenvalue weighted by atomic mass is 10.1. The largest absolute Gasteiger partial charge is 0.471 e. The van der Waals surface area contributed by atoms with E-state index in [0.717, 1.165) is 43.7 Å². The maximum absolute atomic E-state index is 13.1. The van der Waals surface area contributed by atoms with E-state index in [1.165, 1.54) is 6.07 Å². The first kappa shape index (κ1) is 33.2. The van der Waals surface area contributed by atoms with Gasteiger partial charge < -0.3 is 25.7 Å². The van der Waals surface area contributed by atoms with Crippen LogP contribution < -0.4 is 20.7 Å². The molecule has 1 aliphatic heterocycles. The highest BCUT2D eigenvalue weighted by atomic mass is 35.5. The third kappa shape index (κ3) is 7.59. The Kier molecular flexibility index (Phi) is 9.84. The Balaban J connectivity index is 1.38. The number of imidazole rings is 1. The fourth-order valence-electron chi connectivity index (χ4n) is 4.85. The van der Waals surface area contributed by atoms with Gasteiger partial charge in [0.05, 0.1) is 32.9 Å². The summed E-state index contributed by atoms with van der Waals surface area (Å²) in [5, 5.41) is 8.68. The number of aromatic amines is 1. The lowest BCUT2D eigenvalue weighted by Gasteiger charge is -2.19. The van der Waals surface area contributed by atoms with Crippen LogP contribution in [0.25, 0.3) is 11.2 Å². The number of halogens is 7. The van der Waals surface area contributed by atoms with Gasteiger partial charge in [-0.25, -0.2) is 8.78 Å². The smallest absolute Gasteiger partial charge is 0.416 e. The Morgan fingerprint density at radius 1 is 1.13 bits per heavy atom. The molecule has 17 heteroatoms. The van der Waals surface area contributed by atoms with Crippen LogP contribution >= 0.6 is 23.2 Å². The molecule has 2 aromatic heterocycles. The third-order valence-corrected chi connectivity index (χ3v) is 7.94. The highest BCUT2D eigenvalue weighted by Gasteiger charge is 2.30. The van der Waals surface area contributed by atoms with E-state index >= 15 is 0 Å². The van der Waals surface area contributed by atoms with E-state index in [1.807, 2.05) is 11.9 Å². The summed E-state index contributed by atoms with van der Waals surface area (Å²) in [6.07, 6.45) is -5.77. The number of hydrogen-bond donors (Lipinski definition) is 4. The van der Waals surface area contributed by atoms with E-state index in [-0.39, 0.29) is 62.6 Å². The zero-order valence-corrected chi connectivity index (χ0v) is 25.5. The number of nitrogens with zero attached hydrogens (tertiary/aromatic N) is 3. The van der Waals surface area contributed by atoms with Crippen molar-refractivity contribution in [2.75, 3.05) is 30.8 Å². The minimum Gasteiger partial charge on any atom is -0.471 e. The summed E-state index contributed by atoms with van der Waals surface area (Å²) in [5.74, 6) is -1.41. The van der Waals surface area contributed by atoms with Crippen molar-refractivity contribution in [3.05, 3.63) is 69.2 Å². The minimum absolute atomic E-state index is 0.0143. The summed E-state index contributed by atoms with van der Waals surface area (Å²) in [6, 6.07) is 7.94. The van der Waals surface area contributed by atoms with Crippen molar-refractivity contribution in [3.8, 4) is 5.88 Å². The number of anilines is 3. The average Bonchev–Trinajstić information content (AvgIpc) is 3.61. The van der Waals surface area contributed by atoms with Crippen LogP contribution in [0.1, 0.15) is 34.3 Å². The number of ether oxygens (including phenoxy) is 1. The van der Waals surface area contributed by atoms with Crippen LogP contribution in [0, 0.1) is 0 Å². The quantitative estimate of drug-likeness (QED) is 0.138. The lowest BCUT2D eigenvalue weighted by molar-refractivity contribution is -0.137. The van der Waals surface area contributed by atoms with Gasteiger partial charge in [0, 0.05) is 12.2 Å². The first-order valence-corrected chi connectivity index (χ1v) is 14.6. The van der Waals surface area contributed by atoms with Crippen molar-refractivity contribution in [1.82, 2.24) is 25.2 Å². The van der Waals surface area contributed by atoms with Crippen LogP contribution in [0.15, 0.2) is 42.5 Å². The van der Waals surface area contributed by atoms with Gasteiger partial charge in [-0.05, 0) is 68.4 Å².